The molecule has 1 aliphatic heterocycles. The maximum absolute atomic E-state index is 5.21. The van der Waals surface area contributed by atoms with Gasteiger partial charge in [-0.05, 0) is 18.2 Å². The molecule has 1 N–H and O–H groups in total. The summed E-state index contributed by atoms with van der Waals surface area (Å²) >= 11 is 0. The molecular weight excluding hydrogens is 152 g/mol. The molecule has 0 bridgehead atoms. The van der Waals surface area contributed by atoms with Crippen molar-refractivity contribution in [3.05, 3.63) is 23.8 Å². The average Bonchev–Trinajstić information content (AvgIpc) is 2.17. The maximum Gasteiger partial charge on any atom is 0.206 e. The Morgan fingerprint density at radius 2 is 2.50 bits per heavy atom. The van der Waals surface area contributed by atoms with E-state index in [2.05, 4.69) is 22.7 Å². The van der Waals surface area contributed by atoms with Crippen molar-refractivity contribution in [1.29, 1.82) is 0 Å². The third-order valence-corrected chi connectivity index (χ3v) is 1.51. The maximum atomic E-state index is 5.21. The molecule has 3 heteroatoms. The fourth-order valence-electron chi connectivity index (χ4n) is 0.942. The van der Waals surface area contributed by atoms with Crippen molar-refractivity contribution in [3.8, 4) is 18.1 Å². The average molecular weight is 157 g/mol. The van der Waals surface area contributed by atoms with E-state index < -0.39 is 0 Å². The first-order valence-electron chi connectivity index (χ1n) is 3.38. The largest absolute Gasteiger partial charge is 0.378 e. The smallest absolute Gasteiger partial charge is 0.206 e. The van der Waals surface area contributed by atoms with Crippen molar-refractivity contribution < 1.29 is 4.84 Å². The van der Waals surface area contributed by atoms with E-state index in [9.17, 15) is 0 Å². The molecule has 0 spiro atoms. The molecule has 0 unspecified atom stereocenters. The van der Waals surface area contributed by atoms with E-state index in [0.717, 1.165) is 5.56 Å². The summed E-state index contributed by atoms with van der Waals surface area (Å²) in [7, 11) is 0. The Bertz CT molecular complexity index is 377. The number of hydrogen-bond donors (Lipinski definition) is 1. The molecule has 0 atom stereocenters. The van der Waals surface area contributed by atoms with E-state index in [0.29, 0.717) is 11.4 Å². The Labute approximate surface area is 70.0 Å². The van der Waals surface area contributed by atoms with Gasteiger partial charge < -0.3 is 4.84 Å². The predicted octanol–water partition coefficient (Wildman–Crippen LogP) is 1.10. The van der Waals surface area contributed by atoms with Crippen LogP contribution in [0.25, 0.3) is 0 Å². The van der Waals surface area contributed by atoms with Crippen LogP contribution in [0.4, 0.5) is 5.69 Å². The SMILES string of the molecule is C#Cc1ccc2c(c1)N=[C]NO2. The first-order chi connectivity index (χ1) is 5.90. The lowest BCUT2D eigenvalue weighted by atomic mass is 10.2. The van der Waals surface area contributed by atoms with Crippen LogP contribution in [0.2, 0.25) is 0 Å². The molecule has 0 saturated carbocycles. The number of fused-ring (bicyclic) bond motifs is 1. The number of terminal acetylenes is 1. The zero-order chi connectivity index (χ0) is 8.39. The third kappa shape index (κ3) is 0.995. The van der Waals surface area contributed by atoms with Crippen LogP contribution in [0.15, 0.2) is 23.2 Å². The Morgan fingerprint density at radius 3 is 3.33 bits per heavy atom. The molecule has 2 rings (SSSR count). The third-order valence-electron chi connectivity index (χ3n) is 1.51. The van der Waals surface area contributed by atoms with E-state index in [4.69, 9.17) is 11.3 Å². The van der Waals surface area contributed by atoms with Crippen molar-refractivity contribution in [2.24, 2.45) is 4.99 Å². The summed E-state index contributed by atoms with van der Waals surface area (Å²) in [6.45, 7) is 0. The molecule has 1 radical (unpaired) electrons. The van der Waals surface area contributed by atoms with Gasteiger partial charge >= 0.3 is 0 Å². The Kier molecular flexibility index (Phi) is 1.45. The van der Waals surface area contributed by atoms with Crippen LogP contribution in [0.1, 0.15) is 5.56 Å². The summed E-state index contributed by atoms with van der Waals surface area (Å²) in [6, 6.07) is 5.33. The van der Waals surface area contributed by atoms with Crippen LogP contribution >= 0.6 is 0 Å². The second-order valence-corrected chi connectivity index (χ2v) is 2.25. The highest BCUT2D eigenvalue weighted by Crippen LogP contribution is 2.28. The van der Waals surface area contributed by atoms with Crippen LogP contribution < -0.4 is 10.3 Å². The molecule has 0 aromatic heterocycles. The minimum Gasteiger partial charge on any atom is -0.378 e. The number of nitrogens with one attached hydrogen (secondary N) is 1. The topological polar surface area (TPSA) is 33.6 Å². The molecule has 57 valence electrons. The fourth-order valence-corrected chi connectivity index (χ4v) is 0.942. The molecule has 1 aromatic carbocycles. The first kappa shape index (κ1) is 6.74. The highest BCUT2D eigenvalue weighted by Gasteiger charge is 2.06. The van der Waals surface area contributed by atoms with Gasteiger partial charge in [0.2, 0.25) is 6.34 Å². The van der Waals surface area contributed by atoms with E-state index in [-0.39, 0.29) is 0 Å². The Morgan fingerprint density at radius 1 is 1.58 bits per heavy atom. The lowest BCUT2D eigenvalue weighted by molar-refractivity contribution is 0.264. The van der Waals surface area contributed by atoms with Crippen molar-refractivity contribution in [2.75, 3.05) is 0 Å². The minimum atomic E-state index is 0.660. The lowest BCUT2D eigenvalue weighted by Crippen LogP contribution is -2.18. The van der Waals surface area contributed by atoms with Crippen molar-refractivity contribution in [2.45, 2.75) is 0 Å². The van der Waals surface area contributed by atoms with Gasteiger partial charge in [0.1, 0.15) is 5.69 Å². The van der Waals surface area contributed by atoms with Crippen LogP contribution in [0.3, 0.4) is 0 Å². The summed E-state index contributed by atoms with van der Waals surface area (Å²) in [5.74, 6) is 3.17. The lowest BCUT2D eigenvalue weighted by Gasteiger charge is -2.10. The quantitative estimate of drug-likeness (QED) is 0.572. The first-order valence-corrected chi connectivity index (χ1v) is 3.38. The number of rotatable bonds is 0. The van der Waals surface area contributed by atoms with Gasteiger partial charge in [-0.25, -0.2) is 4.99 Å². The number of hydroxylamine groups is 1. The van der Waals surface area contributed by atoms with Crippen molar-refractivity contribution in [3.63, 3.8) is 0 Å². The van der Waals surface area contributed by atoms with Crippen LogP contribution in [0.5, 0.6) is 5.75 Å². The molecular formula is C9H5N2O. The normalized spacial score (nSPS) is 12.2. The van der Waals surface area contributed by atoms with Crippen molar-refractivity contribution in [1.82, 2.24) is 5.48 Å². The van der Waals surface area contributed by atoms with Crippen LogP contribution in [-0.2, 0) is 0 Å². The molecule has 1 aliphatic rings. The van der Waals surface area contributed by atoms with E-state index in [1.165, 1.54) is 0 Å². The number of nitrogens with zero attached hydrogens (tertiary/aromatic N) is 1. The van der Waals surface area contributed by atoms with Gasteiger partial charge in [0.25, 0.3) is 0 Å². The molecule has 0 amide bonds. The monoisotopic (exact) mass is 157 g/mol. The van der Waals surface area contributed by atoms with Crippen molar-refractivity contribution >= 4 is 12.0 Å². The molecule has 0 saturated heterocycles. The zero-order valence-corrected chi connectivity index (χ0v) is 6.16. The number of aliphatic imine (C=N–C) groups is 1. The van der Waals surface area contributed by atoms with Gasteiger partial charge in [0, 0.05) is 5.56 Å². The Hall–Kier alpha value is -1.95. The van der Waals surface area contributed by atoms with Gasteiger partial charge in [-0.15, -0.1) is 6.42 Å². The summed E-state index contributed by atoms with van der Waals surface area (Å²) in [4.78, 5) is 8.92. The second-order valence-electron chi connectivity index (χ2n) is 2.25. The van der Waals surface area contributed by atoms with E-state index in [1.807, 2.05) is 0 Å². The second kappa shape index (κ2) is 2.59. The van der Waals surface area contributed by atoms with E-state index in [1.54, 1.807) is 18.2 Å². The molecule has 1 heterocycles. The molecule has 1 aromatic rings. The molecule has 0 fully saturated rings. The van der Waals surface area contributed by atoms with E-state index >= 15 is 0 Å². The minimum absolute atomic E-state index is 0.660. The van der Waals surface area contributed by atoms with Crippen LogP contribution in [0, 0.1) is 12.3 Å². The molecule has 12 heavy (non-hydrogen) atoms. The molecule has 3 nitrogen and oxygen atoms in total. The zero-order valence-electron chi connectivity index (χ0n) is 6.16. The van der Waals surface area contributed by atoms with Gasteiger partial charge in [0.15, 0.2) is 5.75 Å². The fraction of sp³-hybridized carbons (Fsp3) is 0. The van der Waals surface area contributed by atoms with Gasteiger partial charge in [-0.2, -0.15) is 5.48 Å². The van der Waals surface area contributed by atoms with Crippen LogP contribution in [-0.4, -0.2) is 6.34 Å². The summed E-state index contributed by atoms with van der Waals surface area (Å²) in [5.41, 5.74) is 3.89. The number of benzene rings is 1. The predicted molar refractivity (Wildman–Crippen MR) is 45.2 cm³/mol. The number of hydrogen-bond acceptors (Lipinski definition) is 3. The standard InChI is InChI=1S/C9H5N2O/c1-2-7-3-4-9-8(5-7)10-6-11-12-9/h1,3-5H,(H,10,11). The van der Waals surface area contributed by atoms with Gasteiger partial charge in [0.05, 0.1) is 0 Å². The summed E-state index contributed by atoms with van der Waals surface area (Å²) in [5, 5.41) is 0. The highest BCUT2D eigenvalue weighted by molar-refractivity contribution is 5.68. The van der Waals surface area contributed by atoms with Gasteiger partial charge in [-0.1, -0.05) is 5.92 Å². The Balaban J connectivity index is 2.53. The molecule has 0 aliphatic carbocycles. The van der Waals surface area contributed by atoms with Gasteiger partial charge in [-0.3, -0.25) is 0 Å². The summed E-state index contributed by atoms with van der Waals surface area (Å²) < 4.78 is 0. The highest BCUT2D eigenvalue weighted by atomic mass is 16.6. The summed E-state index contributed by atoms with van der Waals surface area (Å²) in [6.07, 6.45) is 7.69.